The normalized spacial score (nSPS) is 17.8. The molecule has 0 spiro atoms. The number of hydrogen-bond acceptors (Lipinski definition) is 3. The van der Waals surface area contributed by atoms with Crippen molar-refractivity contribution in [3.8, 4) is 0 Å². The highest BCUT2D eigenvalue weighted by Gasteiger charge is 2.31. The number of carbonyl (C=O) groups is 1. The smallest absolute Gasteiger partial charge is 0.210 e. The topological polar surface area (TPSA) is 71.3 Å². The Balaban J connectivity index is 2.05. The molecule has 3 rings (SSSR count). The van der Waals surface area contributed by atoms with Gasteiger partial charge < -0.3 is 20.4 Å². The van der Waals surface area contributed by atoms with Crippen LogP contribution in [0, 0.1) is 0 Å². The summed E-state index contributed by atoms with van der Waals surface area (Å²) in [5.74, 6) is 0. The fraction of sp³-hybridized carbons (Fsp3) is 0.286. The van der Waals surface area contributed by atoms with E-state index < -0.39 is 0 Å². The molecule has 2 heterocycles. The van der Waals surface area contributed by atoms with E-state index in [0.29, 0.717) is 24.7 Å². The number of H-pyrrole nitrogens is 1. The third kappa shape index (κ3) is 4.10. The van der Waals surface area contributed by atoms with E-state index >= 15 is 0 Å². The van der Waals surface area contributed by atoms with E-state index in [0.717, 1.165) is 35.0 Å². The second-order valence-electron chi connectivity index (χ2n) is 6.36. The van der Waals surface area contributed by atoms with Crippen molar-refractivity contribution >= 4 is 28.9 Å². The number of allylic oxidation sites excluding steroid dienone is 3. The molecule has 1 amide bonds. The van der Waals surface area contributed by atoms with Crippen molar-refractivity contribution in [2.45, 2.75) is 19.4 Å². The number of aromatic nitrogens is 1. The Labute approximate surface area is 164 Å². The zero-order valence-corrected chi connectivity index (χ0v) is 16.1. The lowest BCUT2D eigenvalue weighted by molar-refractivity contribution is -0.120. The third-order valence-corrected chi connectivity index (χ3v) is 4.87. The fourth-order valence-corrected chi connectivity index (χ4v) is 3.70. The van der Waals surface area contributed by atoms with Crippen molar-refractivity contribution in [1.82, 2.24) is 9.88 Å². The van der Waals surface area contributed by atoms with Crippen molar-refractivity contribution < 1.29 is 9.53 Å². The van der Waals surface area contributed by atoms with Crippen LogP contribution in [0.2, 0.25) is 5.02 Å². The highest BCUT2D eigenvalue weighted by atomic mass is 35.5. The van der Waals surface area contributed by atoms with Crippen LogP contribution in [0.25, 0.3) is 10.9 Å². The van der Waals surface area contributed by atoms with Crippen LogP contribution in [0.3, 0.4) is 0 Å². The molecule has 0 saturated heterocycles. The van der Waals surface area contributed by atoms with Gasteiger partial charge in [-0.1, -0.05) is 29.8 Å². The summed E-state index contributed by atoms with van der Waals surface area (Å²) >= 11 is 6.20. The summed E-state index contributed by atoms with van der Waals surface area (Å²) in [4.78, 5) is 17.1. The van der Waals surface area contributed by atoms with Crippen LogP contribution >= 0.6 is 11.6 Å². The maximum Gasteiger partial charge on any atom is 0.210 e. The summed E-state index contributed by atoms with van der Waals surface area (Å²) in [5.41, 5.74) is 9.71. The maximum absolute atomic E-state index is 11.8. The second-order valence-corrected chi connectivity index (χ2v) is 6.79. The van der Waals surface area contributed by atoms with Gasteiger partial charge in [0.05, 0.1) is 18.9 Å². The van der Waals surface area contributed by atoms with Crippen LogP contribution < -0.4 is 5.73 Å². The molecular weight excluding hydrogens is 362 g/mol. The number of fused-ring (bicyclic) bond motifs is 3. The third-order valence-electron chi connectivity index (χ3n) is 4.64. The van der Waals surface area contributed by atoms with Crippen LogP contribution in [0.5, 0.6) is 0 Å². The number of halogens is 1. The van der Waals surface area contributed by atoms with Crippen LogP contribution in [0.1, 0.15) is 24.2 Å². The number of nitrogens with one attached hydrogen (secondary N) is 1. The number of aromatic amines is 1. The summed E-state index contributed by atoms with van der Waals surface area (Å²) in [7, 11) is 0. The quantitative estimate of drug-likeness (QED) is 0.329. The van der Waals surface area contributed by atoms with E-state index in [-0.39, 0.29) is 6.04 Å². The molecule has 1 aromatic carbocycles. The van der Waals surface area contributed by atoms with Crippen LogP contribution in [-0.4, -0.2) is 36.0 Å². The lowest BCUT2D eigenvalue weighted by Crippen LogP contribution is -2.35. The Hall–Kier alpha value is -2.50. The molecule has 27 heavy (non-hydrogen) atoms. The first-order chi connectivity index (χ1) is 13.2. The molecule has 6 heteroatoms. The van der Waals surface area contributed by atoms with Crippen molar-refractivity contribution in [2.75, 3.05) is 19.7 Å². The van der Waals surface area contributed by atoms with Crippen molar-refractivity contribution in [3.05, 3.63) is 70.6 Å². The zero-order chi connectivity index (χ0) is 19.2. The maximum atomic E-state index is 11.8. The lowest BCUT2D eigenvalue weighted by atomic mass is 9.92. The van der Waals surface area contributed by atoms with Gasteiger partial charge in [-0.2, -0.15) is 0 Å². The van der Waals surface area contributed by atoms with Gasteiger partial charge in [0.2, 0.25) is 6.41 Å². The molecule has 1 atom stereocenters. The van der Waals surface area contributed by atoms with E-state index in [9.17, 15) is 4.79 Å². The van der Waals surface area contributed by atoms with Gasteiger partial charge in [-0.15, -0.1) is 0 Å². The average molecular weight is 386 g/mol. The molecule has 1 aliphatic rings. The van der Waals surface area contributed by atoms with E-state index in [2.05, 4.69) is 4.98 Å². The molecule has 142 valence electrons. The number of carbonyl (C=O) groups excluding carboxylic acids is 1. The monoisotopic (exact) mass is 385 g/mol. The van der Waals surface area contributed by atoms with Gasteiger partial charge in [-0.3, -0.25) is 4.79 Å². The standard InChI is InChI=1S/C21H24ClN3O2/c1-2-4-15(5-3-11-27-12-9-23)21-20-17(8-10-25(21)14-26)18-13-16(22)6-7-19(18)24-20/h2-7,11,13-14,21,24H,8-10,12,23H2,1H3/b4-2-,11-3+,15-5+. The van der Waals surface area contributed by atoms with Gasteiger partial charge in [-0.05, 0) is 48.8 Å². The lowest BCUT2D eigenvalue weighted by Gasteiger charge is -2.33. The predicted octanol–water partition coefficient (Wildman–Crippen LogP) is 3.87. The molecule has 3 N–H and O–H groups in total. The summed E-state index contributed by atoms with van der Waals surface area (Å²) in [6.45, 7) is 3.56. The number of benzene rings is 1. The number of amides is 1. The minimum absolute atomic E-state index is 0.187. The van der Waals surface area contributed by atoms with Crippen molar-refractivity contribution in [2.24, 2.45) is 5.73 Å². The fourth-order valence-electron chi connectivity index (χ4n) is 3.52. The van der Waals surface area contributed by atoms with E-state index in [1.54, 1.807) is 6.26 Å². The van der Waals surface area contributed by atoms with Gasteiger partial charge in [0.1, 0.15) is 0 Å². The van der Waals surface area contributed by atoms with Gasteiger partial charge in [-0.25, -0.2) is 0 Å². The van der Waals surface area contributed by atoms with Crippen LogP contribution in [0.15, 0.2) is 54.3 Å². The van der Waals surface area contributed by atoms with Crippen molar-refractivity contribution in [1.29, 1.82) is 0 Å². The molecule has 0 bridgehead atoms. The molecule has 0 fully saturated rings. The first-order valence-corrected chi connectivity index (χ1v) is 9.39. The van der Waals surface area contributed by atoms with Gasteiger partial charge in [0.25, 0.3) is 0 Å². The second kappa shape index (κ2) is 8.93. The molecule has 0 radical (unpaired) electrons. The first kappa shape index (κ1) is 19.3. The van der Waals surface area contributed by atoms with Crippen LogP contribution in [-0.2, 0) is 16.0 Å². The molecule has 2 aromatic rings. The number of rotatable bonds is 7. The Morgan fingerprint density at radius 1 is 1.48 bits per heavy atom. The van der Waals surface area contributed by atoms with Crippen LogP contribution in [0.4, 0.5) is 0 Å². The average Bonchev–Trinajstić information content (AvgIpc) is 3.04. The summed E-state index contributed by atoms with van der Waals surface area (Å²) in [6.07, 6.45) is 11.1. The molecule has 1 aliphatic heterocycles. The Kier molecular flexibility index (Phi) is 6.37. The number of nitrogens with two attached hydrogens (primary N) is 1. The summed E-state index contributed by atoms with van der Waals surface area (Å²) < 4.78 is 5.30. The molecule has 5 nitrogen and oxygen atoms in total. The summed E-state index contributed by atoms with van der Waals surface area (Å²) in [5, 5.41) is 1.83. The van der Waals surface area contributed by atoms with Gasteiger partial charge >= 0.3 is 0 Å². The molecule has 0 saturated carbocycles. The Bertz CT molecular complexity index is 898. The largest absolute Gasteiger partial charge is 0.500 e. The number of hydrogen-bond donors (Lipinski definition) is 2. The van der Waals surface area contributed by atoms with Gasteiger partial charge in [0, 0.05) is 34.7 Å². The Morgan fingerprint density at radius 2 is 2.33 bits per heavy atom. The molecule has 1 aromatic heterocycles. The summed E-state index contributed by atoms with van der Waals surface area (Å²) in [6, 6.07) is 5.66. The van der Waals surface area contributed by atoms with E-state index in [1.807, 2.05) is 54.3 Å². The van der Waals surface area contributed by atoms with Crippen molar-refractivity contribution in [3.63, 3.8) is 0 Å². The zero-order valence-electron chi connectivity index (χ0n) is 15.3. The molecule has 1 unspecified atom stereocenters. The highest BCUT2D eigenvalue weighted by molar-refractivity contribution is 6.31. The SMILES string of the molecule is C\C=C/C(=C\C=C\OCCN)C1c2[nH]c3ccc(Cl)cc3c2CCN1C=O. The minimum atomic E-state index is -0.187. The highest BCUT2D eigenvalue weighted by Crippen LogP contribution is 2.38. The number of ether oxygens (including phenoxy) is 1. The molecular formula is C21H24ClN3O2. The van der Waals surface area contributed by atoms with E-state index in [1.165, 1.54) is 5.56 Å². The first-order valence-electron chi connectivity index (χ1n) is 9.01. The Morgan fingerprint density at radius 3 is 3.07 bits per heavy atom. The van der Waals surface area contributed by atoms with Gasteiger partial charge in [0.15, 0.2) is 0 Å². The minimum Gasteiger partial charge on any atom is -0.500 e. The number of nitrogens with zero attached hydrogens (tertiary/aromatic N) is 1. The molecule has 0 aliphatic carbocycles. The predicted molar refractivity (Wildman–Crippen MR) is 110 cm³/mol. The van der Waals surface area contributed by atoms with E-state index in [4.69, 9.17) is 22.1 Å².